The lowest BCUT2D eigenvalue weighted by molar-refractivity contribution is -0.384. The molecule has 0 spiro atoms. The van der Waals surface area contributed by atoms with E-state index >= 15 is 0 Å². The first kappa shape index (κ1) is 20.7. The molecule has 0 aromatic heterocycles. The Kier molecular flexibility index (Phi) is 6.76. The number of nitro groups is 1. The normalized spacial score (nSPS) is 20.4. The maximum absolute atomic E-state index is 12.3. The molecule has 1 fully saturated rings. The SMILES string of the molecule is C[C@@H](OC(=O)c1ccc(N(C)C)c([N+](=O)[O-])c1)C(=O)N[C@@H]1CCCC[C@@H]1C. The Labute approximate surface area is 159 Å². The average molecular weight is 377 g/mol. The van der Waals surface area contributed by atoms with Crippen molar-refractivity contribution in [1.29, 1.82) is 0 Å². The first-order chi connectivity index (χ1) is 12.7. The molecular formula is C19H27N3O5. The number of carbonyl (C=O) groups is 2. The topological polar surface area (TPSA) is 102 Å². The number of ether oxygens (including phenoxy) is 1. The minimum atomic E-state index is -0.973. The summed E-state index contributed by atoms with van der Waals surface area (Å²) in [6.45, 7) is 3.61. The summed E-state index contributed by atoms with van der Waals surface area (Å²) in [6.07, 6.45) is 3.26. The number of nitrogens with zero attached hydrogens (tertiary/aromatic N) is 2. The Morgan fingerprint density at radius 2 is 1.96 bits per heavy atom. The summed E-state index contributed by atoms with van der Waals surface area (Å²) in [5.41, 5.74) is 0.231. The number of benzene rings is 1. The van der Waals surface area contributed by atoms with Crippen molar-refractivity contribution in [3.8, 4) is 0 Å². The van der Waals surface area contributed by atoms with Crippen molar-refractivity contribution in [1.82, 2.24) is 5.32 Å². The quantitative estimate of drug-likeness (QED) is 0.465. The van der Waals surface area contributed by atoms with Gasteiger partial charge in [-0.3, -0.25) is 14.9 Å². The highest BCUT2D eigenvalue weighted by Crippen LogP contribution is 2.28. The molecule has 0 unspecified atom stereocenters. The Morgan fingerprint density at radius 3 is 2.56 bits per heavy atom. The van der Waals surface area contributed by atoms with Crippen molar-refractivity contribution in [3.05, 3.63) is 33.9 Å². The Hall–Kier alpha value is -2.64. The van der Waals surface area contributed by atoms with Gasteiger partial charge in [0.2, 0.25) is 0 Å². The van der Waals surface area contributed by atoms with Gasteiger partial charge in [0, 0.05) is 26.2 Å². The van der Waals surface area contributed by atoms with E-state index in [0.717, 1.165) is 19.3 Å². The van der Waals surface area contributed by atoms with Gasteiger partial charge in [0.15, 0.2) is 6.10 Å². The number of rotatable bonds is 6. The number of nitrogens with one attached hydrogen (secondary N) is 1. The van der Waals surface area contributed by atoms with Gasteiger partial charge in [-0.25, -0.2) is 4.79 Å². The van der Waals surface area contributed by atoms with Crippen molar-refractivity contribution < 1.29 is 19.2 Å². The number of nitro benzene ring substituents is 1. The highest BCUT2D eigenvalue weighted by atomic mass is 16.6. The van der Waals surface area contributed by atoms with E-state index in [0.29, 0.717) is 11.6 Å². The van der Waals surface area contributed by atoms with E-state index in [1.54, 1.807) is 19.0 Å². The second-order valence-electron chi connectivity index (χ2n) is 7.28. The van der Waals surface area contributed by atoms with Gasteiger partial charge in [-0.1, -0.05) is 19.8 Å². The largest absolute Gasteiger partial charge is 0.449 e. The fourth-order valence-electron chi connectivity index (χ4n) is 3.29. The van der Waals surface area contributed by atoms with E-state index < -0.39 is 17.0 Å². The summed E-state index contributed by atoms with van der Waals surface area (Å²) in [7, 11) is 3.36. The van der Waals surface area contributed by atoms with Crippen LogP contribution in [0.1, 0.15) is 49.9 Å². The predicted octanol–water partition coefficient (Wildman–Crippen LogP) is 2.90. The average Bonchev–Trinajstić information content (AvgIpc) is 2.62. The van der Waals surface area contributed by atoms with Gasteiger partial charge in [0.05, 0.1) is 10.5 Å². The number of anilines is 1. The van der Waals surface area contributed by atoms with Crippen LogP contribution in [0.25, 0.3) is 0 Å². The molecule has 1 saturated carbocycles. The maximum Gasteiger partial charge on any atom is 0.339 e. The molecule has 27 heavy (non-hydrogen) atoms. The van der Waals surface area contributed by atoms with Crippen molar-refractivity contribution >= 4 is 23.3 Å². The number of hydrogen-bond acceptors (Lipinski definition) is 6. The molecule has 148 valence electrons. The van der Waals surface area contributed by atoms with E-state index in [1.165, 1.54) is 31.5 Å². The van der Waals surface area contributed by atoms with Gasteiger partial charge in [-0.2, -0.15) is 0 Å². The molecule has 0 saturated heterocycles. The lowest BCUT2D eigenvalue weighted by Gasteiger charge is -2.30. The summed E-state index contributed by atoms with van der Waals surface area (Å²) < 4.78 is 5.22. The zero-order valence-corrected chi connectivity index (χ0v) is 16.2. The molecule has 2 rings (SSSR count). The van der Waals surface area contributed by atoms with E-state index in [1.807, 2.05) is 0 Å². The first-order valence-corrected chi connectivity index (χ1v) is 9.17. The van der Waals surface area contributed by atoms with Crippen LogP contribution >= 0.6 is 0 Å². The molecule has 1 amide bonds. The van der Waals surface area contributed by atoms with E-state index in [-0.39, 0.29) is 23.2 Å². The summed E-state index contributed by atoms with van der Waals surface area (Å²) >= 11 is 0. The Morgan fingerprint density at radius 1 is 1.30 bits per heavy atom. The zero-order valence-electron chi connectivity index (χ0n) is 16.2. The highest BCUT2D eigenvalue weighted by molar-refractivity contribution is 5.93. The fourth-order valence-corrected chi connectivity index (χ4v) is 3.29. The van der Waals surface area contributed by atoms with E-state index in [4.69, 9.17) is 4.74 Å². The number of carbonyl (C=O) groups excluding carboxylic acids is 2. The van der Waals surface area contributed by atoms with Crippen LogP contribution < -0.4 is 10.2 Å². The van der Waals surface area contributed by atoms with Gasteiger partial charge in [0.25, 0.3) is 11.6 Å². The van der Waals surface area contributed by atoms with Crippen LogP contribution in [0.4, 0.5) is 11.4 Å². The third-order valence-corrected chi connectivity index (χ3v) is 4.98. The van der Waals surface area contributed by atoms with Gasteiger partial charge in [0.1, 0.15) is 5.69 Å². The van der Waals surface area contributed by atoms with Crippen molar-refractivity contribution in [2.24, 2.45) is 5.92 Å². The van der Waals surface area contributed by atoms with Gasteiger partial charge >= 0.3 is 5.97 Å². The van der Waals surface area contributed by atoms with Crippen LogP contribution in [0, 0.1) is 16.0 Å². The molecule has 1 aromatic carbocycles. The van der Waals surface area contributed by atoms with Crippen LogP contribution in [0.3, 0.4) is 0 Å². The highest BCUT2D eigenvalue weighted by Gasteiger charge is 2.27. The molecule has 3 atom stereocenters. The standard InChI is InChI=1S/C19H27N3O5/c1-12-7-5-6-8-15(12)20-18(23)13(2)27-19(24)14-9-10-16(21(3)4)17(11-14)22(25)26/h9-13,15H,5-8H2,1-4H3,(H,20,23)/t12-,13+,15+/m0/s1. The zero-order chi connectivity index (χ0) is 20.1. The van der Waals surface area contributed by atoms with E-state index in [9.17, 15) is 19.7 Å². The van der Waals surface area contributed by atoms with E-state index in [2.05, 4.69) is 12.2 Å². The second-order valence-corrected chi connectivity index (χ2v) is 7.28. The molecule has 0 heterocycles. The Balaban J connectivity index is 2.04. The van der Waals surface area contributed by atoms with Gasteiger partial charge < -0.3 is 15.0 Å². The maximum atomic E-state index is 12.3. The molecule has 8 nitrogen and oxygen atoms in total. The summed E-state index contributed by atoms with van der Waals surface area (Å²) in [5.74, 6) is -0.712. The summed E-state index contributed by atoms with van der Waals surface area (Å²) in [6, 6.07) is 4.21. The molecular weight excluding hydrogens is 350 g/mol. The molecule has 1 aliphatic carbocycles. The molecule has 8 heteroatoms. The smallest absolute Gasteiger partial charge is 0.339 e. The van der Waals surface area contributed by atoms with Crippen LogP contribution in [0.2, 0.25) is 0 Å². The summed E-state index contributed by atoms with van der Waals surface area (Å²) in [5, 5.41) is 14.2. The van der Waals surface area contributed by atoms with Crippen LogP contribution in [-0.2, 0) is 9.53 Å². The lowest BCUT2D eigenvalue weighted by Crippen LogP contribution is -2.46. The number of esters is 1. The van der Waals surface area contributed by atoms with Crippen molar-refractivity contribution in [2.75, 3.05) is 19.0 Å². The second kappa shape index (κ2) is 8.83. The van der Waals surface area contributed by atoms with Crippen molar-refractivity contribution in [3.63, 3.8) is 0 Å². The van der Waals surface area contributed by atoms with Crippen LogP contribution in [-0.4, -0.2) is 43.0 Å². The Bertz CT molecular complexity index is 719. The number of hydrogen-bond donors (Lipinski definition) is 1. The van der Waals surface area contributed by atoms with Crippen LogP contribution in [0.5, 0.6) is 0 Å². The van der Waals surface area contributed by atoms with Gasteiger partial charge in [-0.05, 0) is 37.8 Å². The molecule has 1 aliphatic rings. The minimum absolute atomic E-state index is 0.0398. The fraction of sp³-hybridized carbons (Fsp3) is 0.579. The molecule has 1 aromatic rings. The predicted molar refractivity (Wildman–Crippen MR) is 102 cm³/mol. The lowest BCUT2D eigenvalue weighted by atomic mass is 9.86. The number of amides is 1. The monoisotopic (exact) mass is 377 g/mol. The first-order valence-electron chi connectivity index (χ1n) is 9.17. The van der Waals surface area contributed by atoms with Crippen molar-refractivity contribution in [2.45, 2.75) is 51.7 Å². The van der Waals surface area contributed by atoms with Crippen LogP contribution in [0.15, 0.2) is 18.2 Å². The summed E-state index contributed by atoms with van der Waals surface area (Å²) in [4.78, 5) is 37.0. The third-order valence-electron chi connectivity index (χ3n) is 4.98. The molecule has 0 bridgehead atoms. The molecule has 0 aliphatic heterocycles. The third kappa shape index (κ3) is 5.18. The molecule has 0 radical (unpaired) electrons. The van der Waals surface area contributed by atoms with Gasteiger partial charge in [-0.15, -0.1) is 0 Å². The minimum Gasteiger partial charge on any atom is -0.449 e. The molecule has 1 N–H and O–H groups in total.